The lowest BCUT2D eigenvalue weighted by Crippen LogP contribution is -2.47. The topological polar surface area (TPSA) is 56.9 Å². The molecule has 0 amide bonds. The predicted octanol–water partition coefficient (Wildman–Crippen LogP) is 0.997. The molecule has 6 heteroatoms. The van der Waals surface area contributed by atoms with Crippen molar-refractivity contribution in [2.24, 2.45) is 0 Å². The molecule has 3 aromatic rings. The number of aromatic nitrogens is 3. The summed E-state index contributed by atoms with van der Waals surface area (Å²) in [5, 5.41) is 9.05. The van der Waals surface area contributed by atoms with Crippen LogP contribution in [0.25, 0.3) is 16.7 Å². The van der Waals surface area contributed by atoms with Crippen LogP contribution in [0.4, 0.5) is 5.82 Å². The first-order valence-corrected chi connectivity index (χ1v) is 7.67. The maximum atomic E-state index is 9.05. The van der Waals surface area contributed by atoms with Gasteiger partial charge in [0.2, 0.25) is 0 Å². The van der Waals surface area contributed by atoms with Gasteiger partial charge in [-0.05, 0) is 12.1 Å². The van der Waals surface area contributed by atoms with Crippen LogP contribution in [0.15, 0.2) is 36.7 Å². The molecule has 0 radical (unpaired) electrons. The molecule has 0 saturated carbocycles. The highest BCUT2D eigenvalue weighted by atomic mass is 16.3. The first kappa shape index (κ1) is 13.5. The molecule has 3 heterocycles. The van der Waals surface area contributed by atoms with Crippen molar-refractivity contribution in [3.05, 3.63) is 36.7 Å². The van der Waals surface area contributed by atoms with E-state index >= 15 is 0 Å². The van der Waals surface area contributed by atoms with E-state index in [9.17, 15) is 0 Å². The van der Waals surface area contributed by atoms with Crippen molar-refractivity contribution in [2.45, 2.75) is 0 Å². The summed E-state index contributed by atoms with van der Waals surface area (Å²) in [7, 11) is 0. The summed E-state index contributed by atoms with van der Waals surface area (Å²) in [4.78, 5) is 13.9. The zero-order valence-electron chi connectivity index (χ0n) is 12.4. The van der Waals surface area contributed by atoms with Crippen LogP contribution in [0.1, 0.15) is 0 Å². The molecule has 1 aliphatic rings. The second-order valence-corrected chi connectivity index (χ2v) is 5.60. The van der Waals surface area contributed by atoms with Gasteiger partial charge in [-0.1, -0.05) is 12.1 Å². The van der Waals surface area contributed by atoms with E-state index in [1.165, 1.54) is 0 Å². The first-order chi connectivity index (χ1) is 10.9. The zero-order chi connectivity index (χ0) is 14.9. The lowest BCUT2D eigenvalue weighted by atomic mass is 10.2. The normalized spacial score (nSPS) is 16.7. The van der Waals surface area contributed by atoms with E-state index in [4.69, 9.17) is 10.1 Å². The van der Waals surface area contributed by atoms with Gasteiger partial charge in [-0.3, -0.25) is 9.30 Å². The Morgan fingerprint density at radius 3 is 2.73 bits per heavy atom. The number of para-hydroxylation sites is 2. The third kappa shape index (κ3) is 2.20. The second kappa shape index (κ2) is 5.55. The van der Waals surface area contributed by atoms with Crippen LogP contribution in [0.3, 0.4) is 0 Å². The molecule has 1 N–H and O–H groups in total. The highest BCUT2D eigenvalue weighted by Crippen LogP contribution is 2.24. The molecule has 1 saturated heterocycles. The number of benzene rings is 1. The number of aliphatic hydroxyl groups excluding tert-OH is 1. The molecule has 1 aliphatic heterocycles. The van der Waals surface area contributed by atoms with Gasteiger partial charge >= 0.3 is 0 Å². The predicted molar refractivity (Wildman–Crippen MR) is 86.2 cm³/mol. The summed E-state index contributed by atoms with van der Waals surface area (Å²) in [6, 6.07) is 8.15. The summed E-state index contributed by atoms with van der Waals surface area (Å²) in [5.74, 6) is 0.951. The van der Waals surface area contributed by atoms with Gasteiger partial charge in [-0.15, -0.1) is 0 Å². The number of anilines is 1. The van der Waals surface area contributed by atoms with E-state index in [1.54, 1.807) is 0 Å². The fourth-order valence-corrected chi connectivity index (χ4v) is 3.13. The Morgan fingerprint density at radius 2 is 1.91 bits per heavy atom. The fourth-order valence-electron chi connectivity index (χ4n) is 3.13. The van der Waals surface area contributed by atoms with Gasteiger partial charge in [0.1, 0.15) is 0 Å². The molecular formula is C16H19N5O. The van der Waals surface area contributed by atoms with E-state index < -0.39 is 0 Å². The number of imidazole rings is 1. The number of β-amino-alcohol motifs (C(OH)–C–C–N with tert-alkyl or cyclic N) is 1. The molecule has 4 rings (SSSR count). The van der Waals surface area contributed by atoms with Crippen LogP contribution in [-0.2, 0) is 0 Å². The lowest BCUT2D eigenvalue weighted by molar-refractivity contribution is 0.188. The van der Waals surface area contributed by atoms with Crippen molar-refractivity contribution in [2.75, 3.05) is 44.2 Å². The van der Waals surface area contributed by atoms with Crippen LogP contribution in [0.5, 0.6) is 0 Å². The largest absolute Gasteiger partial charge is 0.395 e. The minimum Gasteiger partial charge on any atom is -0.395 e. The van der Waals surface area contributed by atoms with E-state index in [-0.39, 0.29) is 6.61 Å². The lowest BCUT2D eigenvalue weighted by Gasteiger charge is -2.35. The maximum Gasteiger partial charge on any atom is 0.180 e. The summed E-state index contributed by atoms with van der Waals surface area (Å²) < 4.78 is 2.11. The molecule has 1 aromatic carbocycles. The van der Waals surface area contributed by atoms with Gasteiger partial charge in [-0.2, -0.15) is 0 Å². The average molecular weight is 297 g/mol. The van der Waals surface area contributed by atoms with Crippen LogP contribution in [0, 0.1) is 0 Å². The molecule has 0 spiro atoms. The Morgan fingerprint density at radius 1 is 1.09 bits per heavy atom. The minimum atomic E-state index is 0.221. The number of hydrogen-bond donors (Lipinski definition) is 1. The highest BCUT2D eigenvalue weighted by Gasteiger charge is 2.21. The van der Waals surface area contributed by atoms with Gasteiger partial charge in [0.25, 0.3) is 0 Å². The first-order valence-electron chi connectivity index (χ1n) is 7.67. The van der Waals surface area contributed by atoms with Crippen LogP contribution >= 0.6 is 0 Å². The Balaban J connectivity index is 1.73. The Hall–Kier alpha value is -2.18. The molecule has 0 atom stereocenters. The molecule has 22 heavy (non-hydrogen) atoms. The molecule has 0 bridgehead atoms. The third-order valence-corrected chi connectivity index (χ3v) is 4.30. The number of hydrogen-bond acceptors (Lipinski definition) is 5. The number of aliphatic hydroxyl groups is 1. The van der Waals surface area contributed by atoms with E-state index in [1.807, 2.05) is 30.6 Å². The fraction of sp³-hybridized carbons (Fsp3) is 0.375. The molecule has 0 aliphatic carbocycles. The molecule has 6 nitrogen and oxygen atoms in total. The van der Waals surface area contributed by atoms with Crippen molar-refractivity contribution in [1.29, 1.82) is 0 Å². The summed E-state index contributed by atoms with van der Waals surface area (Å²) >= 11 is 0. The number of fused-ring (bicyclic) bond motifs is 3. The smallest absolute Gasteiger partial charge is 0.180 e. The molecule has 114 valence electrons. The highest BCUT2D eigenvalue weighted by molar-refractivity contribution is 5.83. The van der Waals surface area contributed by atoms with Crippen molar-refractivity contribution >= 4 is 22.5 Å². The third-order valence-electron chi connectivity index (χ3n) is 4.30. The Bertz CT molecular complexity index is 791. The quantitative estimate of drug-likeness (QED) is 0.781. The molecular weight excluding hydrogens is 278 g/mol. The van der Waals surface area contributed by atoms with Crippen LogP contribution in [0.2, 0.25) is 0 Å². The summed E-state index contributed by atoms with van der Waals surface area (Å²) in [6.45, 7) is 4.68. The van der Waals surface area contributed by atoms with Gasteiger partial charge in [0.15, 0.2) is 11.5 Å². The number of nitrogens with zero attached hydrogens (tertiary/aromatic N) is 5. The molecule has 1 fully saturated rings. The molecule has 2 aromatic heterocycles. The van der Waals surface area contributed by atoms with Crippen molar-refractivity contribution in [1.82, 2.24) is 19.3 Å². The summed E-state index contributed by atoms with van der Waals surface area (Å²) in [5.41, 5.74) is 2.98. The Labute approximate surface area is 128 Å². The second-order valence-electron chi connectivity index (χ2n) is 5.60. The van der Waals surface area contributed by atoms with Crippen molar-refractivity contribution < 1.29 is 5.11 Å². The van der Waals surface area contributed by atoms with Gasteiger partial charge in [0, 0.05) is 45.1 Å². The Kier molecular flexibility index (Phi) is 3.40. The summed E-state index contributed by atoms with van der Waals surface area (Å²) in [6.07, 6.45) is 3.82. The van der Waals surface area contributed by atoms with Crippen LogP contribution < -0.4 is 4.90 Å². The monoisotopic (exact) mass is 297 g/mol. The maximum absolute atomic E-state index is 9.05. The van der Waals surface area contributed by atoms with E-state index in [0.717, 1.165) is 55.2 Å². The van der Waals surface area contributed by atoms with E-state index in [2.05, 4.69) is 25.3 Å². The van der Waals surface area contributed by atoms with Crippen molar-refractivity contribution in [3.63, 3.8) is 0 Å². The van der Waals surface area contributed by atoms with Crippen molar-refractivity contribution in [3.8, 4) is 0 Å². The zero-order valence-corrected chi connectivity index (χ0v) is 12.4. The SMILES string of the molecule is OCCN1CCN(c2nc3ccccc3n3ccnc23)CC1. The van der Waals surface area contributed by atoms with E-state index in [0.29, 0.717) is 0 Å². The van der Waals surface area contributed by atoms with Gasteiger partial charge < -0.3 is 10.0 Å². The standard InChI is InChI=1S/C16H19N5O/c22-12-11-19-7-9-20(10-8-19)16-15-17-5-6-21(15)14-4-2-1-3-13(14)18-16/h1-6,22H,7-12H2. The average Bonchev–Trinajstić information content (AvgIpc) is 3.05. The minimum absolute atomic E-state index is 0.221. The molecule has 0 unspecified atom stereocenters. The van der Waals surface area contributed by atoms with Gasteiger partial charge in [0.05, 0.1) is 17.6 Å². The number of piperazine rings is 1. The van der Waals surface area contributed by atoms with Crippen LogP contribution in [-0.4, -0.2) is 63.7 Å². The van der Waals surface area contributed by atoms with Gasteiger partial charge in [-0.25, -0.2) is 9.97 Å². The number of rotatable bonds is 3.